The average molecular weight is 258 g/mol. The van der Waals surface area contributed by atoms with Gasteiger partial charge in [0.15, 0.2) is 0 Å². The molecule has 0 unspecified atom stereocenters. The van der Waals surface area contributed by atoms with Crippen LogP contribution < -0.4 is 10.2 Å². The minimum atomic E-state index is 0.371. The molecule has 0 aliphatic carbocycles. The van der Waals surface area contributed by atoms with Crippen molar-refractivity contribution in [3.63, 3.8) is 0 Å². The highest BCUT2D eigenvalue weighted by Gasteiger charge is 1.99. The molecule has 98 valence electrons. The summed E-state index contributed by atoms with van der Waals surface area (Å²) >= 11 is 0. The molecule has 0 spiro atoms. The molecule has 0 aliphatic rings. The summed E-state index contributed by atoms with van der Waals surface area (Å²) in [5.74, 6) is 0.499. The number of hydroxylamine groups is 1. The number of rotatable bonds is 5. The van der Waals surface area contributed by atoms with E-state index in [1.165, 1.54) is 0 Å². The third kappa shape index (κ3) is 4.04. The van der Waals surface area contributed by atoms with Crippen molar-refractivity contribution in [3.05, 3.63) is 47.9 Å². The van der Waals surface area contributed by atoms with E-state index in [1.807, 2.05) is 30.6 Å². The van der Waals surface area contributed by atoms with Crippen LogP contribution in [0.4, 0.5) is 5.69 Å². The van der Waals surface area contributed by atoms with E-state index in [0.29, 0.717) is 18.2 Å². The predicted molar refractivity (Wildman–Crippen MR) is 70.6 cm³/mol. The van der Waals surface area contributed by atoms with Crippen LogP contribution in [0.1, 0.15) is 11.4 Å². The summed E-state index contributed by atoms with van der Waals surface area (Å²) in [5.41, 5.74) is 4.25. The molecule has 0 aromatic carbocycles. The quantitative estimate of drug-likeness (QED) is 0.487. The van der Waals surface area contributed by atoms with Gasteiger partial charge in [-0.1, -0.05) is 6.07 Å². The second kappa shape index (κ2) is 6.46. The van der Waals surface area contributed by atoms with E-state index in [0.717, 1.165) is 17.7 Å². The van der Waals surface area contributed by atoms with Gasteiger partial charge in [-0.15, -0.1) is 0 Å². The highest BCUT2D eigenvalue weighted by Crippen LogP contribution is 2.14. The van der Waals surface area contributed by atoms with Crippen molar-refractivity contribution >= 4 is 12.0 Å². The molecule has 2 heterocycles. The first-order valence-electron chi connectivity index (χ1n) is 5.71. The van der Waals surface area contributed by atoms with Crippen LogP contribution >= 0.6 is 0 Å². The number of nitrogens with one attached hydrogen (secondary N) is 1. The van der Waals surface area contributed by atoms with Gasteiger partial charge in [0.05, 0.1) is 17.6 Å². The molecule has 0 saturated heterocycles. The first kappa shape index (κ1) is 13.0. The third-order valence-electron chi connectivity index (χ3n) is 2.31. The van der Waals surface area contributed by atoms with Gasteiger partial charge in [-0.25, -0.2) is 9.98 Å². The molecule has 19 heavy (non-hydrogen) atoms. The first-order valence-corrected chi connectivity index (χ1v) is 5.71. The molecule has 0 saturated carbocycles. The van der Waals surface area contributed by atoms with Crippen molar-refractivity contribution in [3.8, 4) is 5.88 Å². The molecule has 0 fully saturated rings. The standard InChI is InChI=1S/C13H14N4O2/c1-10-3-2-4-12(17-10)8-19-13-6-5-11(7-14-13)15-9-16-18/h2-7,9,18H,8H2,1H3,(H,15,16). The number of pyridine rings is 2. The number of aromatic nitrogens is 2. The molecule has 0 amide bonds. The van der Waals surface area contributed by atoms with Gasteiger partial charge >= 0.3 is 0 Å². The maximum atomic E-state index is 8.36. The Bertz CT molecular complexity index is 555. The summed E-state index contributed by atoms with van der Waals surface area (Å²) in [5, 5.41) is 8.36. The molecule has 6 heteroatoms. The Labute approximate surface area is 110 Å². The van der Waals surface area contributed by atoms with Gasteiger partial charge in [-0.2, -0.15) is 0 Å². The maximum Gasteiger partial charge on any atom is 0.213 e. The summed E-state index contributed by atoms with van der Waals surface area (Å²) < 4.78 is 5.52. The number of ether oxygens (including phenoxy) is 1. The molecule has 6 nitrogen and oxygen atoms in total. The van der Waals surface area contributed by atoms with Crippen LogP contribution in [0.15, 0.2) is 41.5 Å². The minimum absolute atomic E-state index is 0.371. The molecule has 0 radical (unpaired) electrons. The van der Waals surface area contributed by atoms with Gasteiger partial charge in [0.25, 0.3) is 0 Å². The Hall–Kier alpha value is -2.47. The van der Waals surface area contributed by atoms with Crippen molar-refractivity contribution in [1.82, 2.24) is 15.4 Å². The van der Waals surface area contributed by atoms with E-state index in [-0.39, 0.29) is 0 Å². The van der Waals surface area contributed by atoms with E-state index < -0.39 is 0 Å². The molecule has 0 atom stereocenters. The number of nitrogens with zero attached hydrogens (tertiary/aromatic N) is 3. The summed E-state index contributed by atoms with van der Waals surface area (Å²) in [6, 6.07) is 9.22. The van der Waals surface area contributed by atoms with Gasteiger partial charge in [-0.3, -0.25) is 15.7 Å². The van der Waals surface area contributed by atoms with Crippen molar-refractivity contribution in [2.45, 2.75) is 13.5 Å². The van der Waals surface area contributed by atoms with Crippen molar-refractivity contribution in [1.29, 1.82) is 0 Å². The summed E-state index contributed by atoms with van der Waals surface area (Å²) in [6.07, 6.45) is 2.71. The van der Waals surface area contributed by atoms with E-state index >= 15 is 0 Å². The fourth-order valence-corrected chi connectivity index (χ4v) is 1.47. The minimum Gasteiger partial charge on any atom is -0.471 e. The number of hydrogen-bond acceptors (Lipinski definition) is 5. The maximum absolute atomic E-state index is 8.36. The molecular weight excluding hydrogens is 244 g/mol. The van der Waals surface area contributed by atoms with Crippen LogP contribution in [0, 0.1) is 6.92 Å². The topological polar surface area (TPSA) is 79.6 Å². The zero-order valence-electron chi connectivity index (χ0n) is 10.4. The lowest BCUT2D eigenvalue weighted by Crippen LogP contribution is -2.01. The van der Waals surface area contributed by atoms with Crippen LogP contribution in [0.5, 0.6) is 5.88 Å². The molecule has 2 aromatic rings. The monoisotopic (exact) mass is 258 g/mol. The summed E-state index contributed by atoms with van der Waals surface area (Å²) in [7, 11) is 0. The van der Waals surface area contributed by atoms with E-state index in [1.54, 1.807) is 18.3 Å². The second-order valence-corrected chi connectivity index (χ2v) is 3.80. The molecule has 0 bridgehead atoms. The van der Waals surface area contributed by atoms with Crippen molar-refractivity contribution < 1.29 is 9.94 Å². The molecule has 2 aromatic heterocycles. The lowest BCUT2D eigenvalue weighted by molar-refractivity contribution is 0.240. The molecule has 2 N–H and O–H groups in total. The smallest absolute Gasteiger partial charge is 0.213 e. The SMILES string of the molecule is Cc1cccc(COc2ccc(N=CNO)cn2)n1. The van der Waals surface area contributed by atoms with Gasteiger partial charge in [0.1, 0.15) is 12.9 Å². The number of aliphatic imine (C=N–C) groups is 1. The van der Waals surface area contributed by atoms with Crippen LogP contribution in [0.3, 0.4) is 0 Å². The molecular formula is C13H14N4O2. The van der Waals surface area contributed by atoms with Crippen LogP contribution in [-0.4, -0.2) is 21.5 Å². The zero-order chi connectivity index (χ0) is 13.5. The number of hydrogen-bond donors (Lipinski definition) is 2. The van der Waals surface area contributed by atoms with Crippen molar-refractivity contribution in [2.75, 3.05) is 0 Å². The molecule has 0 aliphatic heterocycles. The fraction of sp³-hybridized carbons (Fsp3) is 0.154. The van der Waals surface area contributed by atoms with Gasteiger partial charge in [-0.05, 0) is 25.1 Å². The van der Waals surface area contributed by atoms with Crippen molar-refractivity contribution in [2.24, 2.45) is 4.99 Å². The van der Waals surface area contributed by atoms with Gasteiger partial charge in [0.2, 0.25) is 5.88 Å². The van der Waals surface area contributed by atoms with Crippen LogP contribution in [0.2, 0.25) is 0 Å². The Kier molecular flexibility index (Phi) is 4.41. The van der Waals surface area contributed by atoms with E-state index in [4.69, 9.17) is 9.94 Å². The average Bonchev–Trinajstić information content (AvgIpc) is 2.44. The lowest BCUT2D eigenvalue weighted by atomic mass is 10.3. The van der Waals surface area contributed by atoms with Gasteiger partial charge in [0, 0.05) is 11.8 Å². The highest BCUT2D eigenvalue weighted by molar-refractivity contribution is 5.59. The molecule has 2 rings (SSSR count). The van der Waals surface area contributed by atoms with Gasteiger partial charge < -0.3 is 4.74 Å². The highest BCUT2D eigenvalue weighted by atomic mass is 16.5. The largest absolute Gasteiger partial charge is 0.471 e. The van der Waals surface area contributed by atoms with Crippen LogP contribution in [0.25, 0.3) is 0 Å². The van der Waals surface area contributed by atoms with E-state index in [9.17, 15) is 0 Å². The van der Waals surface area contributed by atoms with Crippen LogP contribution in [-0.2, 0) is 6.61 Å². The Morgan fingerprint density at radius 2 is 2.26 bits per heavy atom. The fourth-order valence-electron chi connectivity index (χ4n) is 1.47. The lowest BCUT2D eigenvalue weighted by Gasteiger charge is -2.05. The normalized spacial score (nSPS) is 10.6. The summed E-state index contributed by atoms with van der Waals surface area (Å²) in [6.45, 7) is 2.30. The predicted octanol–water partition coefficient (Wildman–Crippen LogP) is 2.00. The Morgan fingerprint density at radius 1 is 1.37 bits per heavy atom. The van der Waals surface area contributed by atoms with E-state index in [2.05, 4.69) is 15.0 Å². The summed E-state index contributed by atoms with van der Waals surface area (Å²) in [4.78, 5) is 12.3. The number of aryl methyl sites for hydroxylation is 1. The third-order valence-corrected chi connectivity index (χ3v) is 2.31. The zero-order valence-corrected chi connectivity index (χ0v) is 10.4. The Morgan fingerprint density at radius 3 is 2.95 bits per heavy atom. The Balaban J connectivity index is 1.94. The first-order chi connectivity index (χ1) is 9.28. The second-order valence-electron chi connectivity index (χ2n) is 3.80.